The third-order valence-corrected chi connectivity index (χ3v) is 4.00. The molecule has 1 aliphatic heterocycles. The molecular weight excluding hydrogens is 224 g/mol. The van der Waals surface area contributed by atoms with E-state index in [0.717, 1.165) is 30.6 Å². The molecule has 1 saturated carbocycles. The van der Waals surface area contributed by atoms with E-state index in [4.69, 9.17) is 10.7 Å². The van der Waals surface area contributed by atoms with Gasteiger partial charge in [-0.2, -0.15) is 0 Å². The second-order valence-electron chi connectivity index (χ2n) is 5.67. The Morgan fingerprint density at radius 1 is 1.33 bits per heavy atom. The first-order valence-electron chi connectivity index (χ1n) is 7.15. The predicted molar refractivity (Wildman–Crippen MR) is 73.6 cm³/mol. The van der Waals surface area contributed by atoms with Gasteiger partial charge in [0, 0.05) is 25.1 Å². The summed E-state index contributed by atoms with van der Waals surface area (Å²) in [5.41, 5.74) is 5.91. The molecule has 1 aromatic rings. The van der Waals surface area contributed by atoms with Gasteiger partial charge in [0.2, 0.25) is 0 Å². The smallest absolute Gasteiger partial charge is 0.136 e. The number of nitrogen functional groups attached to an aromatic ring is 1. The summed E-state index contributed by atoms with van der Waals surface area (Å²) in [5, 5.41) is 0. The number of aromatic nitrogens is 2. The van der Waals surface area contributed by atoms with Gasteiger partial charge in [-0.25, -0.2) is 9.97 Å². The molecule has 0 bridgehead atoms. The van der Waals surface area contributed by atoms with E-state index in [1.807, 2.05) is 6.07 Å². The molecule has 3 rings (SSSR count). The van der Waals surface area contributed by atoms with Crippen LogP contribution in [-0.4, -0.2) is 23.1 Å². The number of anilines is 2. The molecule has 0 amide bonds. The third-order valence-electron chi connectivity index (χ3n) is 4.00. The van der Waals surface area contributed by atoms with Gasteiger partial charge in [0.1, 0.15) is 17.5 Å². The van der Waals surface area contributed by atoms with Crippen LogP contribution >= 0.6 is 0 Å². The maximum atomic E-state index is 5.91. The first kappa shape index (κ1) is 11.8. The fourth-order valence-corrected chi connectivity index (χ4v) is 2.84. The average molecular weight is 246 g/mol. The van der Waals surface area contributed by atoms with Crippen molar-refractivity contribution in [3.05, 3.63) is 11.9 Å². The number of rotatable bonds is 4. The zero-order valence-electron chi connectivity index (χ0n) is 11.1. The zero-order chi connectivity index (χ0) is 12.5. The van der Waals surface area contributed by atoms with E-state index < -0.39 is 0 Å². The van der Waals surface area contributed by atoms with Gasteiger partial charge in [-0.15, -0.1) is 0 Å². The maximum absolute atomic E-state index is 5.91. The minimum absolute atomic E-state index is 0.571. The molecule has 4 heteroatoms. The Hall–Kier alpha value is -1.32. The van der Waals surface area contributed by atoms with Crippen molar-refractivity contribution in [2.24, 2.45) is 5.92 Å². The highest BCUT2D eigenvalue weighted by atomic mass is 15.2. The molecule has 0 aromatic carbocycles. The summed E-state index contributed by atoms with van der Waals surface area (Å²) in [6.07, 6.45) is 6.34. The second kappa shape index (κ2) is 4.75. The number of hydrogen-bond acceptors (Lipinski definition) is 4. The lowest BCUT2D eigenvalue weighted by Crippen LogP contribution is -2.21. The van der Waals surface area contributed by atoms with E-state index in [1.54, 1.807) is 0 Å². The summed E-state index contributed by atoms with van der Waals surface area (Å²) in [7, 11) is 0. The van der Waals surface area contributed by atoms with E-state index in [9.17, 15) is 0 Å². The van der Waals surface area contributed by atoms with E-state index in [1.165, 1.54) is 32.1 Å². The summed E-state index contributed by atoms with van der Waals surface area (Å²) in [5.74, 6) is 4.03. The van der Waals surface area contributed by atoms with Crippen LogP contribution < -0.4 is 10.6 Å². The maximum Gasteiger partial charge on any atom is 0.136 e. The van der Waals surface area contributed by atoms with E-state index >= 15 is 0 Å². The highest BCUT2D eigenvalue weighted by Gasteiger charge is 2.29. The Labute approximate surface area is 109 Å². The van der Waals surface area contributed by atoms with E-state index in [0.29, 0.717) is 11.7 Å². The van der Waals surface area contributed by atoms with Crippen LogP contribution in [0.1, 0.15) is 50.8 Å². The molecule has 1 saturated heterocycles. The van der Waals surface area contributed by atoms with Crippen molar-refractivity contribution in [3.63, 3.8) is 0 Å². The van der Waals surface area contributed by atoms with Crippen molar-refractivity contribution in [1.82, 2.24) is 9.97 Å². The average Bonchev–Trinajstić information content (AvgIpc) is 3.10. The molecule has 2 fully saturated rings. The van der Waals surface area contributed by atoms with Crippen LogP contribution in [0.2, 0.25) is 0 Å². The lowest BCUT2D eigenvalue weighted by Gasteiger charge is -2.18. The Morgan fingerprint density at radius 2 is 2.17 bits per heavy atom. The van der Waals surface area contributed by atoms with Crippen LogP contribution in [0.4, 0.5) is 11.6 Å². The molecule has 2 N–H and O–H groups in total. The van der Waals surface area contributed by atoms with Gasteiger partial charge < -0.3 is 10.6 Å². The largest absolute Gasteiger partial charge is 0.384 e. The monoisotopic (exact) mass is 246 g/mol. The molecule has 2 aliphatic rings. The highest BCUT2D eigenvalue weighted by Crippen LogP contribution is 2.39. The van der Waals surface area contributed by atoms with Gasteiger partial charge in [-0.3, -0.25) is 0 Å². The molecular formula is C14H22N4. The summed E-state index contributed by atoms with van der Waals surface area (Å²) < 4.78 is 0. The van der Waals surface area contributed by atoms with Gasteiger partial charge in [0.05, 0.1) is 0 Å². The topological polar surface area (TPSA) is 55.0 Å². The van der Waals surface area contributed by atoms with Crippen LogP contribution in [-0.2, 0) is 0 Å². The first-order chi connectivity index (χ1) is 8.76. The standard InChI is InChI=1S/C14H22N4/c1-2-3-10-6-7-18(9-10)13-8-12(15)16-14(17-13)11-4-5-11/h8,10-11H,2-7,9H2,1H3,(H2,15,16,17). The summed E-state index contributed by atoms with van der Waals surface area (Å²) in [6, 6.07) is 1.93. The van der Waals surface area contributed by atoms with Gasteiger partial charge in [0.25, 0.3) is 0 Å². The Balaban J connectivity index is 1.75. The molecule has 18 heavy (non-hydrogen) atoms. The SMILES string of the molecule is CCCC1CCN(c2cc(N)nc(C3CC3)n2)C1. The van der Waals surface area contributed by atoms with Gasteiger partial charge in [-0.05, 0) is 31.6 Å². The first-order valence-corrected chi connectivity index (χ1v) is 7.15. The van der Waals surface area contributed by atoms with E-state index in [2.05, 4.69) is 16.8 Å². The van der Waals surface area contributed by atoms with Crippen molar-refractivity contribution >= 4 is 11.6 Å². The molecule has 1 aliphatic carbocycles. The fourth-order valence-electron chi connectivity index (χ4n) is 2.84. The number of hydrogen-bond donors (Lipinski definition) is 1. The number of nitrogens with zero attached hydrogens (tertiary/aromatic N) is 3. The zero-order valence-corrected chi connectivity index (χ0v) is 11.1. The minimum Gasteiger partial charge on any atom is -0.384 e. The Kier molecular flexibility index (Phi) is 3.10. The van der Waals surface area contributed by atoms with Crippen molar-refractivity contribution in [1.29, 1.82) is 0 Å². The van der Waals surface area contributed by atoms with Gasteiger partial charge in [0.15, 0.2) is 0 Å². The van der Waals surface area contributed by atoms with Crippen LogP contribution in [0.25, 0.3) is 0 Å². The normalized spacial score (nSPS) is 23.6. The predicted octanol–water partition coefficient (Wildman–Crippen LogP) is 2.56. The Bertz CT molecular complexity index is 428. The number of nitrogens with two attached hydrogens (primary N) is 1. The van der Waals surface area contributed by atoms with Crippen molar-refractivity contribution in [3.8, 4) is 0 Å². The van der Waals surface area contributed by atoms with Gasteiger partial charge >= 0.3 is 0 Å². The third kappa shape index (κ3) is 2.42. The molecule has 4 nitrogen and oxygen atoms in total. The molecule has 0 spiro atoms. The van der Waals surface area contributed by atoms with Crippen LogP contribution in [0.5, 0.6) is 0 Å². The second-order valence-corrected chi connectivity index (χ2v) is 5.67. The molecule has 0 radical (unpaired) electrons. The summed E-state index contributed by atoms with van der Waals surface area (Å²) in [6.45, 7) is 4.51. The highest BCUT2D eigenvalue weighted by molar-refractivity contribution is 5.48. The molecule has 2 heterocycles. The molecule has 1 unspecified atom stereocenters. The fraction of sp³-hybridized carbons (Fsp3) is 0.714. The van der Waals surface area contributed by atoms with Crippen LogP contribution in [0.15, 0.2) is 6.07 Å². The van der Waals surface area contributed by atoms with Crippen molar-refractivity contribution in [2.45, 2.75) is 44.9 Å². The summed E-state index contributed by atoms with van der Waals surface area (Å²) >= 11 is 0. The molecule has 1 atom stereocenters. The molecule has 98 valence electrons. The Morgan fingerprint density at radius 3 is 2.89 bits per heavy atom. The molecule has 1 aromatic heterocycles. The lowest BCUT2D eigenvalue weighted by atomic mass is 10.0. The van der Waals surface area contributed by atoms with Crippen LogP contribution in [0.3, 0.4) is 0 Å². The van der Waals surface area contributed by atoms with Gasteiger partial charge in [-0.1, -0.05) is 13.3 Å². The lowest BCUT2D eigenvalue weighted by molar-refractivity contribution is 0.529. The van der Waals surface area contributed by atoms with Crippen molar-refractivity contribution < 1.29 is 0 Å². The quantitative estimate of drug-likeness (QED) is 0.887. The van der Waals surface area contributed by atoms with Crippen molar-refractivity contribution in [2.75, 3.05) is 23.7 Å². The van der Waals surface area contributed by atoms with E-state index in [-0.39, 0.29) is 0 Å². The summed E-state index contributed by atoms with van der Waals surface area (Å²) in [4.78, 5) is 11.4. The minimum atomic E-state index is 0.571. The van der Waals surface area contributed by atoms with Crippen LogP contribution in [0, 0.1) is 5.92 Å².